The van der Waals surface area contributed by atoms with Crippen molar-refractivity contribution in [3.8, 4) is 28.6 Å². The molecule has 0 unspecified atom stereocenters. The Hall–Kier alpha value is -3.19. The minimum Gasteiger partial charge on any atom is -0.508 e. The first-order chi connectivity index (χ1) is 12.5. The molecule has 2 heterocycles. The van der Waals surface area contributed by atoms with Crippen LogP contribution in [-0.4, -0.2) is 20.3 Å². The van der Waals surface area contributed by atoms with Gasteiger partial charge < -0.3 is 9.84 Å². The summed E-state index contributed by atoms with van der Waals surface area (Å²) in [5.41, 5.74) is 1.46. The number of pyridine rings is 1. The van der Waals surface area contributed by atoms with Gasteiger partial charge in [0.2, 0.25) is 5.88 Å². The summed E-state index contributed by atoms with van der Waals surface area (Å²) >= 11 is 6.18. The van der Waals surface area contributed by atoms with Gasteiger partial charge in [-0.2, -0.15) is 10.1 Å². The number of H-pyrrole nitrogens is 1. The number of hydrogen-bond acceptors (Lipinski definition) is 4. The Morgan fingerprint density at radius 1 is 1.04 bits per heavy atom. The average Bonchev–Trinajstić information content (AvgIpc) is 3.02. The van der Waals surface area contributed by atoms with Gasteiger partial charge in [-0.1, -0.05) is 11.6 Å². The van der Waals surface area contributed by atoms with Crippen molar-refractivity contribution in [1.29, 1.82) is 0 Å². The van der Waals surface area contributed by atoms with Gasteiger partial charge in [0.05, 0.1) is 10.7 Å². The summed E-state index contributed by atoms with van der Waals surface area (Å²) in [6.07, 6.45) is 0. The minimum atomic E-state index is -0.832. The fourth-order valence-electron chi connectivity index (χ4n) is 2.52. The number of nitrogens with one attached hydrogen (secondary N) is 1. The Bertz CT molecular complexity index is 1130. The van der Waals surface area contributed by atoms with E-state index in [0.717, 1.165) is 12.1 Å². The molecular weight excluding hydrogens is 364 g/mol. The standard InChI is InChI=1S/C18H10ClF2N3O2/c19-13-4-2-10(25)8-12(13)17-11-3-6-16(22-18(11)24-23-17)26-15-5-1-9(20)7-14(15)21/h1-8,25H,(H,22,23,24). The molecule has 0 aliphatic carbocycles. The molecule has 2 N–H and O–H groups in total. The summed E-state index contributed by atoms with van der Waals surface area (Å²) in [6.45, 7) is 0. The van der Waals surface area contributed by atoms with Crippen molar-refractivity contribution in [1.82, 2.24) is 15.2 Å². The van der Waals surface area contributed by atoms with Crippen LogP contribution >= 0.6 is 11.6 Å². The van der Waals surface area contributed by atoms with Gasteiger partial charge in [-0.3, -0.25) is 5.10 Å². The van der Waals surface area contributed by atoms with Crippen molar-refractivity contribution in [2.75, 3.05) is 0 Å². The van der Waals surface area contributed by atoms with Crippen LogP contribution in [0.2, 0.25) is 5.02 Å². The maximum atomic E-state index is 13.7. The van der Waals surface area contributed by atoms with E-state index in [1.165, 1.54) is 24.3 Å². The van der Waals surface area contributed by atoms with Crippen LogP contribution in [0.5, 0.6) is 17.4 Å². The zero-order valence-corrected chi connectivity index (χ0v) is 13.8. The number of phenolic OH excluding ortho intramolecular Hbond substituents is 1. The van der Waals surface area contributed by atoms with E-state index in [1.807, 2.05) is 0 Å². The van der Waals surface area contributed by atoms with Crippen LogP contribution in [0, 0.1) is 11.6 Å². The van der Waals surface area contributed by atoms with Crippen molar-refractivity contribution in [2.24, 2.45) is 0 Å². The number of aromatic hydroxyl groups is 1. The van der Waals surface area contributed by atoms with E-state index in [-0.39, 0.29) is 17.4 Å². The number of benzene rings is 2. The topological polar surface area (TPSA) is 71.0 Å². The Balaban J connectivity index is 1.72. The second-order valence-corrected chi connectivity index (χ2v) is 5.87. The fraction of sp³-hybridized carbons (Fsp3) is 0. The van der Waals surface area contributed by atoms with E-state index in [4.69, 9.17) is 16.3 Å². The second kappa shape index (κ2) is 6.27. The van der Waals surface area contributed by atoms with E-state index in [0.29, 0.717) is 27.3 Å². The van der Waals surface area contributed by atoms with E-state index >= 15 is 0 Å². The first-order valence-electron chi connectivity index (χ1n) is 7.48. The molecule has 2 aromatic heterocycles. The number of aromatic nitrogens is 3. The third kappa shape index (κ3) is 2.93. The summed E-state index contributed by atoms with van der Waals surface area (Å²) < 4.78 is 32.0. The molecule has 5 nitrogen and oxygen atoms in total. The van der Waals surface area contributed by atoms with Crippen LogP contribution in [-0.2, 0) is 0 Å². The molecule has 0 saturated carbocycles. The lowest BCUT2D eigenvalue weighted by molar-refractivity contribution is 0.425. The molecule has 8 heteroatoms. The molecule has 0 bridgehead atoms. The van der Waals surface area contributed by atoms with Crippen molar-refractivity contribution in [3.63, 3.8) is 0 Å². The predicted octanol–water partition coefficient (Wildman–Crippen LogP) is 5.05. The highest BCUT2D eigenvalue weighted by Crippen LogP contribution is 2.34. The van der Waals surface area contributed by atoms with Gasteiger partial charge >= 0.3 is 0 Å². The van der Waals surface area contributed by atoms with Crippen LogP contribution < -0.4 is 4.74 Å². The van der Waals surface area contributed by atoms with E-state index in [1.54, 1.807) is 12.1 Å². The summed E-state index contributed by atoms with van der Waals surface area (Å²) in [5.74, 6) is -1.51. The number of hydrogen-bond donors (Lipinski definition) is 2. The summed E-state index contributed by atoms with van der Waals surface area (Å²) in [7, 11) is 0. The summed E-state index contributed by atoms with van der Waals surface area (Å²) in [6, 6.07) is 10.8. The first kappa shape index (κ1) is 16.3. The highest BCUT2D eigenvalue weighted by atomic mass is 35.5. The van der Waals surface area contributed by atoms with Crippen LogP contribution in [0.4, 0.5) is 8.78 Å². The van der Waals surface area contributed by atoms with Gasteiger partial charge in [0.15, 0.2) is 17.2 Å². The Morgan fingerprint density at radius 2 is 1.88 bits per heavy atom. The smallest absolute Gasteiger partial charge is 0.221 e. The number of ether oxygens (including phenoxy) is 1. The molecule has 0 aliphatic heterocycles. The maximum absolute atomic E-state index is 13.7. The molecule has 26 heavy (non-hydrogen) atoms. The second-order valence-electron chi connectivity index (χ2n) is 5.46. The van der Waals surface area contributed by atoms with Crippen LogP contribution in [0.1, 0.15) is 0 Å². The Kier molecular flexibility index (Phi) is 3.93. The molecule has 130 valence electrons. The number of rotatable bonds is 3. The first-order valence-corrected chi connectivity index (χ1v) is 7.86. The molecule has 2 aromatic carbocycles. The molecule has 0 fully saturated rings. The summed E-state index contributed by atoms with van der Waals surface area (Å²) in [4.78, 5) is 4.20. The van der Waals surface area contributed by atoms with E-state index in [9.17, 15) is 13.9 Å². The monoisotopic (exact) mass is 373 g/mol. The lowest BCUT2D eigenvalue weighted by Gasteiger charge is -2.06. The summed E-state index contributed by atoms with van der Waals surface area (Å²) in [5, 5.41) is 17.7. The van der Waals surface area contributed by atoms with E-state index < -0.39 is 11.6 Å². The SMILES string of the molecule is Oc1ccc(Cl)c(-c2[nH]nc3nc(Oc4ccc(F)cc4F)ccc23)c1. The molecule has 0 spiro atoms. The Labute approximate surface area is 150 Å². The van der Waals surface area contributed by atoms with Crippen molar-refractivity contribution < 1.29 is 18.6 Å². The number of nitrogens with zero attached hydrogens (tertiary/aromatic N) is 2. The van der Waals surface area contributed by atoms with Gasteiger partial charge in [0, 0.05) is 23.1 Å². The van der Waals surface area contributed by atoms with Gasteiger partial charge in [0.1, 0.15) is 11.6 Å². The molecule has 0 saturated heterocycles. The van der Waals surface area contributed by atoms with Gasteiger partial charge in [-0.05, 0) is 36.4 Å². The van der Waals surface area contributed by atoms with Crippen molar-refractivity contribution >= 4 is 22.6 Å². The number of phenols is 1. The third-order valence-electron chi connectivity index (χ3n) is 3.72. The number of fused-ring (bicyclic) bond motifs is 1. The minimum absolute atomic E-state index is 0.0619. The van der Waals surface area contributed by atoms with Crippen molar-refractivity contribution in [3.05, 3.63) is 65.2 Å². The van der Waals surface area contributed by atoms with Gasteiger partial charge in [-0.25, -0.2) is 8.78 Å². The molecule has 0 atom stereocenters. The zero-order valence-electron chi connectivity index (χ0n) is 13.0. The van der Waals surface area contributed by atoms with Crippen molar-refractivity contribution in [2.45, 2.75) is 0 Å². The Morgan fingerprint density at radius 3 is 2.69 bits per heavy atom. The molecule has 0 radical (unpaired) electrons. The molecule has 4 rings (SSSR count). The lowest BCUT2D eigenvalue weighted by Crippen LogP contribution is -1.92. The fourth-order valence-corrected chi connectivity index (χ4v) is 2.73. The normalized spacial score (nSPS) is 11.0. The van der Waals surface area contributed by atoms with Crippen LogP contribution in [0.15, 0.2) is 48.5 Å². The van der Waals surface area contributed by atoms with Gasteiger partial charge in [-0.15, -0.1) is 0 Å². The molecule has 0 aliphatic rings. The lowest BCUT2D eigenvalue weighted by atomic mass is 10.1. The number of aromatic amines is 1. The highest BCUT2D eigenvalue weighted by Gasteiger charge is 2.14. The zero-order chi connectivity index (χ0) is 18.3. The van der Waals surface area contributed by atoms with Gasteiger partial charge in [0.25, 0.3) is 0 Å². The van der Waals surface area contributed by atoms with Crippen LogP contribution in [0.3, 0.4) is 0 Å². The maximum Gasteiger partial charge on any atom is 0.221 e. The van der Waals surface area contributed by atoms with E-state index in [2.05, 4.69) is 15.2 Å². The molecule has 4 aromatic rings. The third-order valence-corrected chi connectivity index (χ3v) is 4.05. The number of halogens is 3. The largest absolute Gasteiger partial charge is 0.508 e. The average molecular weight is 374 g/mol. The molecule has 0 amide bonds. The van der Waals surface area contributed by atoms with Crippen LogP contribution in [0.25, 0.3) is 22.3 Å². The molecular formula is C18H10ClF2N3O2. The predicted molar refractivity (Wildman–Crippen MR) is 92.4 cm³/mol. The quantitative estimate of drug-likeness (QED) is 0.527. The highest BCUT2D eigenvalue weighted by molar-refractivity contribution is 6.33.